The van der Waals surface area contributed by atoms with Crippen molar-refractivity contribution in [3.8, 4) is 0 Å². The second kappa shape index (κ2) is 7.33. The number of carboxylic acid groups (broad SMARTS) is 1. The Morgan fingerprint density at radius 2 is 2.28 bits per heavy atom. The lowest BCUT2D eigenvalue weighted by Crippen LogP contribution is -2.49. The van der Waals surface area contributed by atoms with Gasteiger partial charge >= 0.3 is 5.97 Å². The molecule has 2 unspecified atom stereocenters. The molecule has 1 saturated heterocycles. The monoisotopic (exact) mass is 258 g/mol. The van der Waals surface area contributed by atoms with E-state index >= 15 is 0 Å². The maximum absolute atomic E-state index is 11.9. The third-order valence-electron chi connectivity index (χ3n) is 2.97. The number of carbonyl (C=O) groups is 2. The SMILES string of the molecule is CCCC(NCC(=O)N1CCOC(C)C1)C(=O)O. The maximum atomic E-state index is 11.9. The Balaban J connectivity index is 2.36. The van der Waals surface area contributed by atoms with E-state index in [0.29, 0.717) is 26.1 Å². The van der Waals surface area contributed by atoms with Gasteiger partial charge in [0.1, 0.15) is 6.04 Å². The van der Waals surface area contributed by atoms with Gasteiger partial charge in [0.15, 0.2) is 0 Å². The van der Waals surface area contributed by atoms with Crippen molar-refractivity contribution < 1.29 is 19.4 Å². The summed E-state index contributed by atoms with van der Waals surface area (Å²) in [5.41, 5.74) is 0. The predicted octanol–water partition coefficient (Wildman–Crippen LogP) is 0.0766. The fourth-order valence-electron chi connectivity index (χ4n) is 1.97. The van der Waals surface area contributed by atoms with E-state index in [0.717, 1.165) is 6.42 Å². The Morgan fingerprint density at radius 1 is 1.56 bits per heavy atom. The van der Waals surface area contributed by atoms with Crippen molar-refractivity contribution in [1.29, 1.82) is 0 Å². The molecule has 2 atom stereocenters. The molecule has 2 N–H and O–H groups in total. The van der Waals surface area contributed by atoms with Crippen LogP contribution in [0.4, 0.5) is 0 Å². The van der Waals surface area contributed by atoms with E-state index in [1.165, 1.54) is 0 Å². The molecule has 1 aliphatic heterocycles. The Bertz CT molecular complexity index is 296. The van der Waals surface area contributed by atoms with Gasteiger partial charge in [-0.1, -0.05) is 13.3 Å². The van der Waals surface area contributed by atoms with Gasteiger partial charge in [0.2, 0.25) is 5.91 Å². The molecule has 1 fully saturated rings. The van der Waals surface area contributed by atoms with Gasteiger partial charge < -0.3 is 14.7 Å². The Hall–Kier alpha value is -1.14. The zero-order valence-electron chi connectivity index (χ0n) is 11.0. The van der Waals surface area contributed by atoms with Gasteiger partial charge in [0.25, 0.3) is 0 Å². The van der Waals surface area contributed by atoms with Crippen LogP contribution >= 0.6 is 0 Å². The number of amides is 1. The summed E-state index contributed by atoms with van der Waals surface area (Å²) in [6.07, 6.45) is 1.35. The van der Waals surface area contributed by atoms with Gasteiger partial charge in [-0.3, -0.25) is 14.9 Å². The highest BCUT2D eigenvalue weighted by Crippen LogP contribution is 2.04. The highest BCUT2D eigenvalue weighted by molar-refractivity contribution is 5.80. The summed E-state index contributed by atoms with van der Waals surface area (Å²) in [6, 6.07) is -0.641. The number of nitrogens with zero attached hydrogens (tertiary/aromatic N) is 1. The number of aliphatic carboxylic acids is 1. The van der Waals surface area contributed by atoms with Crippen molar-refractivity contribution in [2.24, 2.45) is 0 Å². The summed E-state index contributed by atoms with van der Waals surface area (Å²) in [6.45, 7) is 5.61. The Labute approximate surface area is 107 Å². The van der Waals surface area contributed by atoms with Crippen molar-refractivity contribution in [1.82, 2.24) is 10.2 Å². The lowest BCUT2D eigenvalue weighted by atomic mass is 10.1. The van der Waals surface area contributed by atoms with Crippen molar-refractivity contribution in [2.75, 3.05) is 26.2 Å². The number of nitrogens with one attached hydrogen (secondary N) is 1. The van der Waals surface area contributed by atoms with Crippen LogP contribution < -0.4 is 5.32 Å². The number of carboxylic acids is 1. The van der Waals surface area contributed by atoms with E-state index in [1.807, 2.05) is 13.8 Å². The summed E-state index contributed by atoms with van der Waals surface area (Å²) >= 11 is 0. The molecule has 0 aromatic heterocycles. The quantitative estimate of drug-likeness (QED) is 0.705. The highest BCUT2D eigenvalue weighted by atomic mass is 16.5. The van der Waals surface area contributed by atoms with Crippen LogP contribution in [0.1, 0.15) is 26.7 Å². The van der Waals surface area contributed by atoms with Crippen molar-refractivity contribution in [3.05, 3.63) is 0 Å². The molecule has 0 aliphatic carbocycles. The molecule has 0 saturated carbocycles. The molecule has 0 spiro atoms. The molecule has 1 amide bonds. The zero-order valence-corrected chi connectivity index (χ0v) is 11.0. The van der Waals surface area contributed by atoms with E-state index in [-0.39, 0.29) is 18.6 Å². The summed E-state index contributed by atoms with van der Waals surface area (Å²) in [5, 5.41) is 11.8. The largest absolute Gasteiger partial charge is 0.480 e. The third-order valence-corrected chi connectivity index (χ3v) is 2.97. The minimum absolute atomic E-state index is 0.0496. The van der Waals surface area contributed by atoms with Crippen molar-refractivity contribution in [2.45, 2.75) is 38.8 Å². The van der Waals surface area contributed by atoms with E-state index in [1.54, 1.807) is 4.90 Å². The minimum Gasteiger partial charge on any atom is -0.480 e. The van der Waals surface area contributed by atoms with E-state index in [4.69, 9.17) is 9.84 Å². The first-order valence-corrected chi connectivity index (χ1v) is 6.40. The first-order valence-electron chi connectivity index (χ1n) is 6.40. The normalized spacial score (nSPS) is 21.7. The summed E-state index contributed by atoms with van der Waals surface area (Å²) in [5.74, 6) is -0.965. The van der Waals surface area contributed by atoms with Crippen molar-refractivity contribution in [3.63, 3.8) is 0 Å². The Morgan fingerprint density at radius 3 is 2.83 bits per heavy atom. The standard InChI is InChI=1S/C12H22N2O4/c1-3-4-10(12(16)17)13-7-11(15)14-5-6-18-9(2)8-14/h9-10,13H,3-8H2,1-2H3,(H,16,17). The molecule has 0 aromatic carbocycles. The third kappa shape index (κ3) is 4.62. The molecule has 0 aromatic rings. The first kappa shape index (κ1) is 14.9. The first-order chi connectivity index (χ1) is 8.54. The zero-order chi connectivity index (χ0) is 13.5. The van der Waals surface area contributed by atoms with Crippen LogP contribution in [0.3, 0.4) is 0 Å². The number of ether oxygens (including phenoxy) is 1. The van der Waals surface area contributed by atoms with E-state index < -0.39 is 12.0 Å². The number of hydrogen-bond acceptors (Lipinski definition) is 4. The van der Waals surface area contributed by atoms with Gasteiger partial charge in [0.05, 0.1) is 19.3 Å². The smallest absolute Gasteiger partial charge is 0.320 e. The van der Waals surface area contributed by atoms with Crippen LogP contribution in [0.25, 0.3) is 0 Å². The second-order valence-electron chi connectivity index (χ2n) is 4.58. The van der Waals surface area contributed by atoms with Crippen LogP contribution in [-0.4, -0.2) is 60.3 Å². The molecule has 1 aliphatic rings. The molecule has 104 valence electrons. The van der Waals surface area contributed by atoms with Gasteiger partial charge in [-0.25, -0.2) is 0 Å². The average molecular weight is 258 g/mol. The fourth-order valence-corrected chi connectivity index (χ4v) is 1.97. The molecule has 18 heavy (non-hydrogen) atoms. The summed E-state index contributed by atoms with van der Waals surface area (Å²) in [4.78, 5) is 24.5. The van der Waals surface area contributed by atoms with Crippen LogP contribution in [0, 0.1) is 0 Å². The van der Waals surface area contributed by atoms with E-state index in [9.17, 15) is 9.59 Å². The number of hydrogen-bond donors (Lipinski definition) is 2. The lowest BCUT2D eigenvalue weighted by molar-refractivity contribution is -0.141. The van der Waals surface area contributed by atoms with Gasteiger partial charge in [-0.2, -0.15) is 0 Å². The van der Waals surface area contributed by atoms with Crippen LogP contribution in [-0.2, 0) is 14.3 Å². The average Bonchev–Trinajstić information content (AvgIpc) is 2.33. The van der Waals surface area contributed by atoms with Crippen LogP contribution in [0.5, 0.6) is 0 Å². The molecule has 1 rings (SSSR count). The second-order valence-corrected chi connectivity index (χ2v) is 4.58. The molecular weight excluding hydrogens is 236 g/mol. The molecule has 6 nitrogen and oxygen atoms in total. The van der Waals surface area contributed by atoms with Crippen LogP contribution in [0.15, 0.2) is 0 Å². The molecule has 6 heteroatoms. The van der Waals surface area contributed by atoms with Gasteiger partial charge in [-0.05, 0) is 13.3 Å². The highest BCUT2D eigenvalue weighted by Gasteiger charge is 2.23. The molecule has 0 bridgehead atoms. The lowest BCUT2D eigenvalue weighted by Gasteiger charge is -2.31. The number of rotatable bonds is 6. The van der Waals surface area contributed by atoms with Gasteiger partial charge in [-0.15, -0.1) is 0 Å². The predicted molar refractivity (Wildman–Crippen MR) is 66.3 cm³/mol. The number of morpholine rings is 1. The van der Waals surface area contributed by atoms with Gasteiger partial charge in [0, 0.05) is 13.1 Å². The van der Waals surface area contributed by atoms with Crippen molar-refractivity contribution >= 4 is 11.9 Å². The summed E-state index contributed by atoms with van der Waals surface area (Å²) in [7, 11) is 0. The maximum Gasteiger partial charge on any atom is 0.320 e. The van der Waals surface area contributed by atoms with Crippen LogP contribution in [0.2, 0.25) is 0 Å². The molecule has 1 heterocycles. The minimum atomic E-state index is -0.903. The topological polar surface area (TPSA) is 78.9 Å². The molecule has 0 radical (unpaired) electrons. The van der Waals surface area contributed by atoms with E-state index in [2.05, 4.69) is 5.32 Å². The molecular formula is C12H22N2O4. The fraction of sp³-hybridized carbons (Fsp3) is 0.833. The number of carbonyl (C=O) groups excluding carboxylic acids is 1. The summed E-state index contributed by atoms with van der Waals surface area (Å²) < 4.78 is 5.35. The Kier molecular flexibility index (Phi) is 6.07.